The molecule has 0 spiro atoms. The van der Waals surface area contributed by atoms with Crippen molar-refractivity contribution in [2.75, 3.05) is 7.11 Å². The number of rotatable bonds is 5. The number of methoxy groups -OCH3 is 1. The Labute approximate surface area is 107 Å². The molecule has 2 nitrogen and oxygen atoms in total. The van der Waals surface area contributed by atoms with Crippen LogP contribution in [0.15, 0.2) is 18.2 Å². The van der Waals surface area contributed by atoms with E-state index in [1.165, 1.54) is 38.9 Å². The van der Waals surface area contributed by atoms with Crippen LogP contribution in [-0.2, 0) is 11.2 Å². The first-order valence-corrected chi connectivity index (χ1v) is 6.53. The van der Waals surface area contributed by atoms with Gasteiger partial charge in [-0.15, -0.1) is 0 Å². The molecule has 0 saturated heterocycles. The molecule has 0 N–H and O–H groups in total. The third-order valence-corrected chi connectivity index (χ3v) is 3.61. The molecule has 1 aliphatic rings. The monoisotopic (exact) mass is 250 g/mol. The normalized spacial score (nSPS) is 15.9. The van der Waals surface area contributed by atoms with Gasteiger partial charge in [0.15, 0.2) is 11.6 Å². The molecule has 1 aromatic carbocycles. The van der Waals surface area contributed by atoms with Crippen LogP contribution >= 0.6 is 0 Å². The van der Waals surface area contributed by atoms with Crippen LogP contribution in [0.25, 0.3) is 0 Å². The van der Waals surface area contributed by atoms with Crippen LogP contribution in [0.5, 0.6) is 5.75 Å². The van der Waals surface area contributed by atoms with Gasteiger partial charge in [-0.25, -0.2) is 4.39 Å². The Morgan fingerprint density at radius 3 is 2.72 bits per heavy atom. The first kappa shape index (κ1) is 13.1. The van der Waals surface area contributed by atoms with Crippen LogP contribution in [0, 0.1) is 11.7 Å². The highest BCUT2D eigenvalue weighted by Crippen LogP contribution is 2.28. The first-order valence-electron chi connectivity index (χ1n) is 6.53. The number of ketones is 1. The maximum absolute atomic E-state index is 13.5. The molecule has 18 heavy (non-hydrogen) atoms. The second-order valence-corrected chi connectivity index (χ2v) is 5.04. The van der Waals surface area contributed by atoms with Crippen molar-refractivity contribution in [1.82, 2.24) is 0 Å². The lowest BCUT2D eigenvalue weighted by molar-refractivity contribution is -0.119. The van der Waals surface area contributed by atoms with E-state index < -0.39 is 5.82 Å². The Morgan fingerprint density at radius 1 is 1.39 bits per heavy atom. The fourth-order valence-corrected chi connectivity index (χ4v) is 2.66. The molecule has 0 aromatic heterocycles. The number of halogens is 1. The van der Waals surface area contributed by atoms with Crippen molar-refractivity contribution in [2.24, 2.45) is 5.92 Å². The Bertz CT molecular complexity index is 423. The summed E-state index contributed by atoms with van der Waals surface area (Å²) in [7, 11) is 1.43. The number of carbonyl (C=O) groups is 1. The molecule has 0 amide bonds. The van der Waals surface area contributed by atoms with Crippen LogP contribution in [-0.4, -0.2) is 12.9 Å². The molecule has 0 atom stereocenters. The summed E-state index contributed by atoms with van der Waals surface area (Å²) in [5.41, 5.74) is 0.733. The van der Waals surface area contributed by atoms with Crippen molar-refractivity contribution < 1.29 is 13.9 Å². The lowest BCUT2D eigenvalue weighted by Crippen LogP contribution is -2.08. The molecular formula is C15H19FO2. The number of hydrogen-bond donors (Lipinski definition) is 0. The maximum Gasteiger partial charge on any atom is 0.165 e. The molecule has 2 rings (SSSR count). The quantitative estimate of drug-likeness (QED) is 0.799. The molecule has 0 radical (unpaired) electrons. The summed E-state index contributed by atoms with van der Waals surface area (Å²) < 4.78 is 18.3. The Balaban J connectivity index is 1.92. The van der Waals surface area contributed by atoms with Gasteiger partial charge in [0.05, 0.1) is 7.11 Å². The van der Waals surface area contributed by atoms with Gasteiger partial charge in [0.1, 0.15) is 5.78 Å². The fourth-order valence-electron chi connectivity index (χ4n) is 2.66. The summed E-state index contributed by atoms with van der Waals surface area (Å²) in [5.74, 6) is 0.595. The SMILES string of the molecule is COc1ccc(CC(=O)CC2CCCC2)cc1F. The maximum atomic E-state index is 13.5. The van der Waals surface area contributed by atoms with Crippen molar-refractivity contribution in [3.63, 3.8) is 0 Å². The second-order valence-electron chi connectivity index (χ2n) is 5.04. The summed E-state index contributed by atoms with van der Waals surface area (Å²) in [6.07, 6.45) is 5.81. The molecule has 1 saturated carbocycles. The van der Waals surface area contributed by atoms with Gasteiger partial charge in [-0.05, 0) is 23.6 Å². The van der Waals surface area contributed by atoms with E-state index >= 15 is 0 Å². The van der Waals surface area contributed by atoms with E-state index in [0.29, 0.717) is 18.8 Å². The van der Waals surface area contributed by atoms with E-state index in [-0.39, 0.29) is 11.5 Å². The molecule has 3 heteroatoms. The zero-order chi connectivity index (χ0) is 13.0. The first-order chi connectivity index (χ1) is 8.69. The van der Waals surface area contributed by atoms with Crippen LogP contribution in [0.2, 0.25) is 0 Å². The number of hydrogen-bond acceptors (Lipinski definition) is 2. The molecule has 0 unspecified atom stereocenters. The highest BCUT2D eigenvalue weighted by molar-refractivity contribution is 5.81. The Hall–Kier alpha value is -1.38. The lowest BCUT2D eigenvalue weighted by Gasteiger charge is -2.08. The highest BCUT2D eigenvalue weighted by Gasteiger charge is 2.18. The van der Waals surface area contributed by atoms with Gasteiger partial charge in [0, 0.05) is 12.8 Å². The van der Waals surface area contributed by atoms with Crippen molar-refractivity contribution in [1.29, 1.82) is 0 Å². The summed E-state index contributed by atoms with van der Waals surface area (Å²) in [6, 6.07) is 4.73. The van der Waals surface area contributed by atoms with E-state index in [2.05, 4.69) is 0 Å². The molecule has 0 aliphatic heterocycles. The van der Waals surface area contributed by atoms with Gasteiger partial charge in [-0.1, -0.05) is 31.7 Å². The zero-order valence-corrected chi connectivity index (χ0v) is 10.7. The molecule has 1 aliphatic carbocycles. The van der Waals surface area contributed by atoms with Crippen molar-refractivity contribution in [3.8, 4) is 5.75 Å². The predicted molar refractivity (Wildman–Crippen MR) is 68.2 cm³/mol. The third-order valence-electron chi connectivity index (χ3n) is 3.61. The van der Waals surface area contributed by atoms with E-state index in [1.54, 1.807) is 12.1 Å². The molecule has 98 valence electrons. The lowest BCUT2D eigenvalue weighted by atomic mass is 9.97. The number of carbonyl (C=O) groups excluding carboxylic acids is 1. The molecular weight excluding hydrogens is 231 g/mol. The van der Waals surface area contributed by atoms with Crippen molar-refractivity contribution >= 4 is 5.78 Å². The van der Waals surface area contributed by atoms with Crippen molar-refractivity contribution in [2.45, 2.75) is 38.5 Å². The minimum Gasteiger partial charge on any atom is -0.494 e. The Kier molecular flexibility index (Phi) is 4.34. The zero-order valence-electron chi connectivity index (χ0n) is 10.7. The minimum absolute atomic E-state index is 0.214. The summed E-state index contributed by atoms with van der Waals surface area (Å²) in [5, 5.41) is 0. The van der Waals surface area contributed by atoms with E-state index in [4.69, 9.17) is 4.74 Å². The van der Waals surface area contributed by atoms with Gasteiger partial charge in [0.25, 0.3) is 0 Å². The highest BCUT2D eigenvalue weighted by atomic mass is 19.1. The van der Waals surface area contributed by atoms with Gasteiger partial charge >= 0.3 is 0 Å². The number of benzene rings is 1. The van der Waals surface area contributed by atoms with Crippen LogP contribution in [0.3, 0.4) is 0 Å². The average Bonchev–Trinajstić information content (AvgIpc) is 2.82. The summed E-state index contributed by atoms with van der Waals surface area (Å²) >= 11 is 0. The van der Waals surface area contributed by atoms with E-state index in [9.17, 15) is 9.18 Å². The number of Topliss-reactive ketones (excluding diaryl/α,β-unsaturated/α-hetero) is 1. The van der Waals surface area contributed by atoms with E-state index in [1.807, 2.05) is 0 Å². The fraction of sp³-hybridized carbons (Fsp3) is 0.533. The molecule has 0 bridgehead atoms. The average molecular weight is 250 g/mol. The second kappa shape index (κ2) is 5.98. The van der Waals surface area contributed by atoms with Crippen LogP contribution < -0.4 is 4.74 Å². The van der Waals surface area contributed by atoms with Crippen LogP contribution in [0.1, 0.15) is 37.7 Å². The third kappa shape index (κ3) is 3.31. The predicted octanol–water partition coefficient (Wildman–Crippen LogP) is 3.53. The topological polar surface area (TPSA) is 26.3 Å². The Morgan fingerprint density at radius 2 is 2.11 bits per heavy atom. The number of ether oxygens (including phenoxy) is 1. The molecule has 0 heterocycles. The minimum atomic E-state index is -0.399. The van der Waals surface area contributed by atoms with Gasteiger partial charge in [0.2, 0.25) is 0 Å². The van der Waals surface area contributed by atoms with Crippen LogP contribution in [0.4, 0.5) is 4.39 Å². The largest absolute Gasteiger partial charge is 0.494 e. The summed E-state index contributed by atoms with van der Waals surface area (Å²) in [6.45, 7) is 0. The van der Waals surface area contributed by atoms with Gasteiger partial charge in [-0.3, -0.25) is 4.79 Å². The molecule has 1 aromatic rings. The molecule has 1 fully saturated rings. The van der Waals surface area contributed by atoms with Gasteiger partial charge in [-0.2, -0.15) is 0 Å². The van der Waals surface area contributed by atoms with Gasteiger partial charge < -0.3 is 4.74 Å². The standard InChI is InChI=1S/C15H19FO2/c1-18-15-7-6-12(10-14(15)16)9-13(17)8-11-4-2-3-5-11/h6-7,10-11H,2-5,8-9H2,1H3. The summed E-state index contributed by atoms with van der Waals surface area (Å²) in [4.78, 5) is 11.9. The van der Waals surface area contributed by atoms with E-state index in [0.717, 1.165) is 5.56 Å². The van der Waals surface area contributed by atoms with Crippen molar-refractivity contribution in [3.05, 3.63) is 29.6 Å². The smallest absolute Gasteiger partial charge is 0.165 e.